The molecule has 1 unspecified atom stereocenters. The molecule has 3 aromatic carbocycles. The van der Waals surface area contributed by atoms with Gasteiger partial charge in [-0.15, -0.1) is 0 Å². The number of aliphatic hydroxyl groups is 1. The summed E-state index contributed by atoms with van der Waals surface area (Å²) < 4.78 is 1.05. The van der Waals surface area contributed by atoms with E-state index < -0.39 is 6.10 Å². The average molecular weight is 364 g/mol. The quantitative estimate of drug-likeness (QED) is 0.705. The second-order valence-electron chi connectivity index (χ2n) is 5.27. The molecule has 0 aliphatic heterocycles. The molecular weight excluding hydrogens is 350 g/mol. The van der Waals surface area contributed by atoms with Gasteiger partial charge in [-0.2, -0.15) is 5.26 Å². The second-order valence-corrected chi connectivity index (χ2v) is 6.18. The van der Waals surface area contributed by atoms with E-state index in [1.807, 2.05) is 36.4 Å². The molecule has 2 nitrogen and oxygen atoms in total. The molecule has 1 N–H and O–H groups in total. The fraction of sp³-hybridized carbons (Fsp3) is 0.0500. The van der Waals surface area contributed by atoms with Crippen LogP contribution in [0, 0.1) is 11.3 Å². The molecule has 1 atom stereocenters. The van der Waals surface area contributed by atoms with Gasteiger partial charge in [-0.25, -0.2) is 0 Å². The Morgan fingerprint density at radius 2 is 1.17 bits per heavy atom. The fourth-order valence-corrected chi connectivity index (χ4v) is 2.70. The average Bonchev–Trinajstić information content (AvgIpc) is 2.62. The summed E-state index contributed by atoms with van der Waals surface area (Å²) in [5.74, 6) is 0. The van der Waals surface area contributed by atoms with Crippen LogP contribution >= 0.6 is 15.9 Å². The number of aliphatic hydroxyl groups excluding tert-OH is 1. The molecule has 112 valence electrons. The van der Waals surface area contributed by atoms with Crippen molar-refractivity contribution >= 4 is 15.9 Å². The Labute approximate surface area is 143 Å². The largest absolute Gasteiger partial charge is 0.384 e. The van der Waals surface area contributed by atoms with Crippen molar-refractivity contribution in [2.75, 3.05) is 0 Å². The smallest absolute Gasteiger partial charge is 0.104 e. The summed E-state index contributed by atoms with van der Waals surface area (Å²) in [6.45, 7) is 0. The lowest BCUT2D eigenvalue weighted by Crippen LogP contribution is -1.99. The van der Waals surface area contributed by atoms with Gasteiger partial charge in [0, 0.05) is 4.47 Å². The predicted octanol–water partition coefficient (Wildman–Crippen LogP) is 5.07. The molecule has 3 aromatic rings. The van der Waals surface area contributed by atoms with Crippen LogP contribution < -0.4 is 0 Å². The highest BCUT2D eigenvalue weighted by atomic mass is 79.9. The summed E-state index contributed by atoms with van der Waals surface area (Å²) in [5, 5.41) is 19.3. The first kappa shape index (κ1) is 15.5. The van der Waals surface area contributed by atoms with E-state index in [0.29, 0.717) is 5.56 Å². The van der Waals surface area contributed by atoms with Crippen LogP contribution in [0.1, 0.15) is 22.8 Å². The Balaban J connectivity index is 1.83. The predicted molar refractivity (Wildman–Crippen MR) is 94.8 cm³/mol. The highest BCUT2D eigenvalue weighted by molar-refractivity contribution is 9.10. The Kier molecular flexibility index (Phi) is 4.57. The van der Waals surface area contributed by atoms with Gasteiger partial charge >= 0.3 is 0 Å². The first-order chi connectivity index (χ1) is 11.2. The second kappa shape index (κ2) is 6.78. The van der Waals surface area contributed by atoms with Crippen molar-refractivity contribution in [2.45, 2.75) is 6.10 Å². The van der Waals surface area contributed by atoms with Gasteiger partial charge < -0.3 is 5.11 Å². The highest BCUT2D eigenvalue weighted by Gasteiger charge is 2.10. The van der Waals surface area contributed by atoms with E-state index >= 15 is 0 Å². The highest BCUT2D eigenvalue weighted by Crippen LogP contribution is 2.26. The lowest BCUT2D eigenvalue weighted by atomic mass is 9.98. The summed E-state index contributed by atoms with van der Waals surface area (Å²) in [5.41, 5.74) is 4.43. The topological polar surface area (TPSA) is 44.0 Å². The van der Waals surface area contributed by atoms with Crippen LogP contribution in [0.2, 0.25) is 0 Å². The Morgan fingerprint density at radius 1 is 0.739 bits per heavy atom. The molecule has 3 rings (SSSR count). The standard InChI is InChI=1S/C20H14BrNO/c21-19-11-9-16(10-12-19)15-5-7-18(8-6-15)20(23)17-3-1-14(13-22)2-4-17/h1-12,20,23H. The van der Waals surface area contributed by atoms with Crippen LogP contribution in [0.5, 0.6) is 0 Å². The number of halogens is 1. The molecule has 0 aliphatic rings. The zero-order chi connectivity index (χ0) is 16.2. The van der Waals surface area contributed by atoms with Crippen LogP contribution in [-0.2, 0) is 0 Å². The van der Waals surface area contributed by atoms with Gasteiger partial charge in [-0.3, -0.25) is 0 Å². The Morgan fingerprint density at radius 3 is 1.65 bits per heavy atom. The number of nitrogens with zero attached hydrogens (tertiary/aromatic N) is 1. The lowest BCUT2D eigenvalue weighted by molar-refractivity contribution is 0.220. The van der Waals surface area contributed by atoms with Crippen LogP contribution in [0.25, 0.3) is 11.1 Å². The van der Waals surface area contributed by atoms with E-state index in [-0.39, 0.29) is 0 Å². The van der Waals surface area contributed by atoms with Crippen LogP contribution in [0.15, 0.2) is 77.3 Å². The zero-order valence-electron chi connectivity index (χ0n) is 12.3. The summed E-state index contributed by atoms with van der Waals surface area (Å²) in [6.07, 6.45) is -0.693. The third-order valence-electron chi connectivity index (χ3n) is 3.76. The third-order valence-corrected chi connectivity index (χ3v) is 4.29. The van der Waals surface area contributed by atoms with Gasteiger partial charge in [0.05, 0.1) is 11.6 Å². The van der Waals surface area contributed by atoms with Crippen molar-refractivity contribution in [3.8, 4) is 17.2 Å². The maximum absolute atomic E-state index is 10.5. The monoisotopic (exact) mass is 363 g/mol. The first-order valence-corrected chi connectivity index (χ1v) is 8.01. The number of rotatable bonds is 3. The molecule has 0 aliphatic carbocycles. The molecule has 23 heavy (non-hydrogen) atoms. The van der Waals surface area contributed by atoms with Crippen molar-refractivity contribution in [3.05, 3.63) is 94.0 Å². The molecule has 0 fully saturated rings. The summed E-state index contributed by atoms with van der Waals surface area (Å²) in [7, 11) is 0. The van der Waals surface area contributed by atoms with Crippen molar-refractivity contribution in [3.63, 3.8) is 0 Å². The van der Waals surface area contributed by atoms with Crippen LogP contribution in [-0.4, -0.2) is 5.11 Å². The van der Waals surface area contributed by atoms with E-state index in [0.717, 1.165) is 26.7 Å². The number of hydrogen-bond donors (Lipinski definition) is 1. The minimum absolute atomic E-state index is 0.589. The molecule has 0 amide bonds. The van der Waals surface area contributed by atoms with Crippen LogP contribution in [0.3, 0.4) is 0 Å². The molecule has 0 radical (unpaired) electrons. The van der Waals surface area contributed by atoms with Crippen molar-refractivity contribution in [1.82, 2.24) is 0 Å². The van der Waals surface area contributed by atoms with Gasteiger partial charge in [0.2, 0.25) is 0 Å². The number of nitriles is 1. The van der Waals surface area contributed by atoms with E-state index in [1.165, 1.54) is 0 Å². The van der Waals surface area contributed by atoms with Gasteiger partial charge in [0.1, 0.15) is 6.10 Å². The maximum Gasteiger partial charge on any atom is 0.104 e. The maximum atomic E-state index is 10.5. The normalized spacial score (nSPS) is 11.7. The Hall–Kier alpha value is -2.41. The minimum atomic E-state index is -0.693. The van der Waals surface area contributed by atoms with E-state index in [2.05, 4.69) is 34.1 Å². The van der Waals surface area contributed by atoms with Crippen LogP contribution in [0.4, 0.5) is 0 Å². The first-order valence-electron chi connectivity index (χ1n) is 7.21. The molecule has 0 spiro atoms. The summed E-state index contributed by atoms with van der Waals surface area (Å²) in [4.78, 5) is 0. The molecule has 0 saturated heterocycles. The number of benzene rings is 3. The molecular formula is C20H14BrNO. The zero-order valence-corrected chi connectivity index (χ0v) is 13.9. The Bertz CT molecular complexity index is 831. The van der Waals surface area contributed by atoms with Crippen molar-refractivity contribution in [1.29, 1.82) is 5.26 Å². The fourth-order valence-electron chi connectivity index (χ4n) is 2.43. The lowest BCUT2D eigenvalue weighted by Gasteiger charge is -2.12. The van der Waals surface area contributed by atoms with E-state index in [9.17, 15) is 5.11 Å². The minimum Gasteiger partial charge on any atom is -0.384 e. The van der Waals surface area contributed by atoms with Gasteiger partial charge in [-0.1, -0.05) is 64.5 Å². The summed E-state index contributed by atoms with van der Waals surface area (Å²) in [6, 6.07) is 25.1. The van der Waals surface area contributed by atoms with Crippen molar-refractivity contribution < 1.29 is 5.11 Å². The third kappa shape index (κ3) is 3.50. The molecule has 0 heterocycles. The molecule has 3 heteroatoms. The van der Waals surface area contributed by atoms with E-state index in [1.54, 1.807) is 24.3 Å². The van der Waals surface area contributed by atoms with Gasteiger partial charge in [-0.05, 0) is 46.5 Å². The molecule has 0 aromatic heterocycles. The SMILES string of the molecule is N#Cc1ccc(C(O)c2ccc(-c3ccc(Br)cc3)cc2)cc1. The van der Waals surface area contributed by atoms with Crippen molar-refractivity contribution in [2.24, 2.45) is 0 Å². The number of hydrogen-bond acceptors (Lipinski definition) is 2. The van der Waals surface area contributed by atoms with Gasteiger partial charge in [0.15, 0.2) is 0 Å². The van der Waals surface area contributed by atoms with E-state index in [4.69, 9.17) is 5.26 Å². The molecule has 0 saturated carbocycles. The molecule has 0 bridgehead atoms. The summed E-state index contributed by atoms with van der Waals surface area (Å²) >= 11 is 3.43. The van der Waals surface area contributed by atoms with Gasteiger partial charge in [0.25, 0.3) is 0 Å².